The first-order chi connectivity index (χ1) is 9.82. The Balaban J connectivity index is 2.58. The first-order valence-corrected chi connectivity index (χ1v) is 6.98. The summed E-state index contributed by atoms with van der Waals surface area (Å²) < 4.78 is 0. The first-order valence-electron chi connectivity index (χ1n) is 6.98. The summed E-state index contributed by atoms with van der Waals surface area (Å²) in [5.41, 5.74) is 0.0947. The molecule has 0 saturated carbocycles. The van der Waals surface area contributed by atoms with Crippen LogP contribution in [-0.2, 0) is 10.4 Å². The molecule has 1 aromatic rings. The van der Waals surface area contributed by atoms with Crippen LogP contribution in [0.25, 0.3) is 0 Å². The number of hydrogen-bond donors (Lipinski definition) is 1. The van der Waals surface area contributed by atoms with E-state index < -0.39 is 11.0 Å². The average molecular weight is 284 g/mol. The van der Waals surface area contributed by atoms with E-state index in [4.69, 9.17) is 0 Å². The van der Waals surface area contributed by atoms with Crippen LogP contribution in [0.4, 0.5) is 0 Å². The second kappa shape index (κ2) is 5.41. The fraction of sp³-hybridized carbons (Fsp3) is 0.333. The lowest BCUT2D eigenvalue weighted by molar-refractivity contribution is -0.104. The van der Waals surface area contributed by atoms with Gasteiger partial charge in [-0.1, -0.05) is 44.2 Å². The predicted molar refractivity (Wildman–Crippen MR) is 82.0 cm³/mol. The lowest BCUT2D eigenvalue weighted by atomic mass is 9.62. The van der Waals surface area contributed by atoms with Gasteiger partial charge in [-0.25, -0.2) is 0 Å². The van der Waals surface area contributed by atoms with Gasteiger partial charge in [-0.15, -0.1) is 0 Å². The Morgan fingerprint density at radius 1 is 1.29 bits per heavy atom. The lowest BCUT2D eigenvalue weighted by Crippen LogP contribution is -2.46. The number of aldehydes is 1. The van der Waals surface area contributed by atoms with E-state index in [1.54, 1.807) is 37.3 Å². The number of allylic oxidation sites excluding steroid dienone is 3. The minimum Gasteiger partial charge on any atom is -0.380 e. The second-order valence-electron chi connectivity index (χ2n) is 6.18. The molecule has 0 radical (unpaired) electrons. The molecule has 2 rings (SSSR count). The van der Waals surface area contributed by atoms with Crippen LogP contribution >= 0.6 is 0 Å². The van der Waals surface area contributed by atoms with Gasteiger partial charge in [0.1, 0.15) is 11.9 Å². The zero-order valence-electron chi connectivity index (χ0n) is 12.6. The van der Waals surface area contributed by atoms with Gasteiger partial charge in [0.15, 0.2) is 5.78 Å². The third-order valence-corrected chi connectivity index (χ3v) is 4.19. The van der Waals surface area contributed by atoms with E-state index >= 15 is 0 Å². The number of Topliss-reactive ketones (excluding diaryl/α,β-unsaturated/α-hetero) is 1. The Labute approximate surface area is 125 Å². The molecule has 0 aliphatic heterocycles. The zero-order chi connectivity index (χ0) is 15.7. The second-order valence-corrected chi connectivity index (χ2v) is 6.18. The molecular weight excluding hydrogens is 264 g/mol. The molecule has 1 atom stereocenters. The molecule has 0 unspecified atom stereocenters. The normalized spacial score (nSPS) is 25.0. The van der Waals surface area contributed by atoms with Gasteiger partial charge in [0.25, 0.3) is 0 Å². The van der Waals surface area contributed by atoms with Crippen molar-refractivity contribution in [2.24, 2.45) is 5.41 Å². The lowest BCUT2D eigenvalue weighted by Gasteiger charge is -2.45. The maximum atomic E-state index is 12.2. The molecule has 0 aromatic heterocycles. The molecule has 1 N–H and O–H groups in total. The molecule has 0 amide bonds. The highest BCUT2D eigenvalue weighted by Gasteiger charge is 2.49. The maximum Gasteiger partial charge on any atom is 0.163 e. The van der Waals surface area contributed by atoms with E-state index in [1.165, 1.54) is 6.08 Å². The van der Waals surface area contributed by atoms with Crippen molar-refractivity contribution in [1.82, 2.24) is 0 Å². The van der Waals surface area contributed by atoms with Crippen molar-refractivity contribution in [2.75, 3.05) is 0 Å². The van der Waals surface area contributed by atoms with Crippen LogP contribution in [0, 0.1) is 5.41 Å². The summed E-state index contributed by atoms with van der Waals surface area (Å²) in [7, 11) is 0. The number of carbonyl (C=O) groups excluding carboxylic acids is 2. The average Bonchev–Trinajstić information content (AvgIpc) is 2.43. The maximum absolute atomic E-state index is 12.2. The number of hydrogen-bond acceptors (Lipinski definition) is 3. The Bertz CT molecular complexity index is 638. The highest BCUT2D eigenvalue weighted by atomic mass is 16.3. The van der Waals surface area contributed by atoms with Gasteiger partial charge in [0.2, 0.25) is 0 Å². The zero-order valence-corrected chi connectivity index (χ0v) is 12.6. The molecule has 1 aliphatic carbocycles. The van der Waals surface area contributed by atoms with Crippen molar-refractivity contribution >= 4 is 12.1 Å². The molecule has 0 bridgehead atoms. The van der Waals surface area contributed by atoms with Crippen LogP contribution in [0.1, 0.15) is 43.1 Å². The summed E-state index contributed by atoms with van der Waals surface area (Å²) in [6, 6.07) is 7.16. The quantitative estimate of drug-likeness (QED) is 0.527. The fourth-order valence-electron chi connectivity index (χ4n) is 2.78. The highest BCUT2D eigenvalue weighted by molar-refractivity contribution is 5.99. The molecule has 110 valence electrons. The molecule has 1 aromatic carbocycles. The molecule has 0 heterocycles. The van der Waals surface area contributed by atoms with Crippen molar-refractivity contribution in [3.63, 3.8) is 0 Å². The van der Waals surface area contributed by atoms with Crippen LogP contribution < -0.4 is 0 Å². The Morgan fingerprint density at radius 3 is 2.62 bits per heavy atom. The summed E-state index contributed by atoms with van der Waals surface area (Å²) in [5, 5.41) is 11.2. The summed E-state index contributed by atoms with van der Waals surface area (Å²) in [6.45, 7) is 5.55. The largest absolute Gasteiger partial charge is 0.380 e. The minimum atomic E-state index is -1.24. The van der Waals surface area contributed by atoms with E-state index in [1.807, 2.05) is 19.9 Å². The number of fused-ring (bicyclic) bond motifs is 1. The van der Waals surface area contributed by atoms with Crippen molar-refractivity contribution in [3.8, 4) is 0 Å². The minimum absolute atomic E-state index is 0.0498. The van der Waals surface area contributed by atoms with E-state index in [0.717, 1.165) is 5.57 Å². The molecule has 0 saturated heterocycles. The molecule has 0 fully saturated rings. The smallest absolute Gasteiger partial charge is 0.163 e. The number of rotatable bonds is 3. The topological polar surface area (TPSA) is 54.4 Å². The monoisotopic (exact) mass is 284 g/mol. The van der Waals surface area contributed by atoms with E-state index in [0.29, 0.717) is 17.4 Å². The van der Waals surface area contributed by atoms with Gasteiger partial charge in [-0.2, -0.15) is 0 Å². The van der Waals surface area contributed by atoms with Crippen molar-refractivity contribution in [3.05, 3.63) is 59.2 Å². The van der Waals surface area contributed by atoms with Crippen LogP contribution in [0.5, 0.6) is 0 Å². The van der Waals surface area contributed by atoms with Gasteiger partial charge in [0, 0.05) is 17.4 Å². The Kier molecular flexibility index (Phi) is 3.97. The van der Waals surface area contributed by atoms with Crippen LogP contribution in [0.15, 0.2) is 48.1 Å². The molecular formula is C18H20O3. The SMILES string of the molecule is CC(=C/C=O)/C=C/[C@@]1(O)c2ccccc2C(=O)CC1(C)C. The third-order valence-electron chi connectivity index (χ3n) is 4.19. The van der Waals surface area contributed by atoms with Crippen LogP contribution in [0.3, 0.4) is 0 Å². The third kappa shape index (κ3) is 2.61. The van der Waals surface area contributed by atoms with Gasteiger partial charge in [-0.3, -0.25) is 9.59 Å². The molecule has 21 heavy (non-hydrogen) atoms. The molecule has 3 heteroatoms. The number of aliphatic hydroxyl groups is 1. The number of benzene rings is 1. The van der Waals surface area contributed by atoms with Crippen LogP contribution in [0.2, 0.25) is 0 Å². The summed E-state index contributed by atoms with van der Waals surface area (Å²) in [5.74, 6) is 0.0498. The van der Waals surface area contributed by atoms with Crippen molar-refractivity contribution in [2.45, 2.75) is 32.8 Å². The predicted octanol–water partition coefficient (Wildman–Crippen LogP) is 3.19. The highest BCUT2D eigenvalue weighted by Crippen LogP contribution is 2.49. The molecule has 1 aliphatic rings. The summed E-state index contributed by atoms with van der Waals surface area (Å²) in [6.07, 6.45) is 5.84. The number of ketones is 1. The Hall–Kier alpha value is -2.00. The first kappa shape index (κ1) is 15.4. The van der Waals surface area contributed by atoms with Gasteiger partial charge < -0.3 is 5.11 Å². The van der Waals surface area contributed by atoms with Gasteiger partial charge in [-0.05, 0) is 30.2 Å². The van der Waals surface area contributed by atoms with Gasteiger partial charge >= 0.3 is 0 Å². The van der Waals surface area contributed by atoms with Crippen molar-refractivity contribution < 1.29 is 14.7 Å². The standard InChI is InChI=1S/C18H20O3/c1-13(9-11-19)8-10-18(21)15-7-5-4-6-14(15)16(20)12-17(18,2)3/h4-11,21H,12H2,1-3H3/b10-8+,13-9-/t18-/m1/s1. The van der Waals surface area contributed by atoms with E-state index in [2.05, 4.69) is 0 Å². The van der Waals surface area contributed by atoms with Gasteiger partial charge in [0.05, 0.1) is 0 Å². The Morgan fingerprint density at radius 2 is 1.95 bits per heavy atom. The number of carbonyl (C=O) groups is 2. The molecule has 0 spiro atoms. The summed E-state index contributed by atoms with van der Waals surface area (Å²) >= 11 is 0. The van der Waals surface area contributed by atoms with E-state index in [9.17, 15) is 14.7 Å². The fourth-order valence-corrected chi connectivity index (χ4v) is 2.78. The molecule has 3 nitrogen and oxygen atoms in total. The van der Waals surface area contributed by atoms with E-state index in [-0.39, 0.29) is 12.2 Å². The van der Waals surface area contributed by atoms with Crippen LogP contribution in [-0.4, -0.2) is 17.2 Å². The van der Waals surface area contributed by atoms with Crippen molar-refractivity contribution in [1.29, 1.82) is 0 Å². The summed E-state index contributed by atoms with van der Waals surface area (Å²) in [4.78, 5) is 22.7.